The molecule has 34 heavy (non-hydrogen) atoms. The molecular formula is C27H32O7. The second-order valence-corrected chi connectivity index (χ2v) is 8.78. The fraction of sp³-hybridized carbons (Fsp3) is 0.444. The van der Waals surface area contributed by atoms with Gasteiger partial charge in [0.1, 0.15) is 12.2 Å². The van der Waals surface area contributed by atoms with Crippen LogP contribution in [0, 0.1) is 5.92 Å². The van der Waals surface area contributed by atoms with E-state index in [4.69, 9.17) is 19.3 Å². The normalized spacial score (nSPS) is 23.0. The SMILES string of the molecule is C[C@H](CCCCC(=O)O)[C@@H]1O[C@@H](C)[C@H](OC(=O)c2ccccc2)C[C@H]1OC(=O)c1ccccc1. The van der Waals surface area contributed by atoms with Crippen molar-refractivity contribution in [3.8, 4) is 0 Å². The summed E-state index contributed by atoms with van der Waals surface area (Å²) in [6.45, 7) is 3.86. The Labute approximate surface area is 200 Å². The molecule has 7 heteroatoms. The molecule has 2 aromatic carbocycles. The molecule has 5 atom stereocenters. The van der Waals surface area contributed by atoms with Crippen molar-refractivity contribution in [1.82, 2.24) is 0 Å². The van der Waals surface area contributed by atoms with Crippen molar-refractivity contribution < 1.29 is 33.7 Å². The third-order valence-corrected chi connectivity index (χ3v) is 6.12. The zero-order chi connectivity index (χ0) is 24.5. The summed E-state index contributed by atoms with van der Waals surface area (Å²) in [4.78, 5) is 36.2. The predicted octanol–water partition coefficient (Wildman–Crippen LogP) is 4.90. The van der Waals surface area contributed by atoms with Gasteiger partial charge in [-0.15, -0.1) is 0 Å². The van der Waals surface area contributed by atoms with Gasteiger partial charge >= 0.3 is 17.9 Å². The van der Waals surface area contributed by atoms with Crippen molar-refractivity contribution >= 4 is 17.9 Å². The molecule has 7 nitrogen and oxygen atoms in total. The molecule has 0 amide bonds. The number of benzene rings is 2. The summed E-state index contributed by atoms with van der Waals surface area (Å²) in [5.41, 5.74) is 0.883. The van der Waals surface area contributed by atoms with Gasteiger partial charge in [0.05, 0.1) is 23.3 Å². The Morgan fingerprint density at radius 1 is 0.912 bits per heavy atom. The Kier molecular flexibility index (Phi) is 9.22. The minimum atomic E-state index is -0.812. The second-order valence-electron chi connectivity index (χ2n) is 8.78. The molecule has 1 heterocycles. The number of esters is 2. The first-order valence-corrected chi connectivity index (χ1v) is 11.7. The van der Waals surface area contributed by atoms with Gasteiger partial charge in [0.15, 0.2) is 0 Å². The van der Waals surface area contributed by atoms with E-state index in [-0.39, 0.29) is 24.5 Å². The molecule has 0 spiro atoms. The molecule has 0 aromatic heterocycles. The maximum atomic E-state index is 12.8. The molecule has 0 unspecified atom stereocenters. The van der Waals surface area contributed by atoms with Crippen molar-refractivity contribution in [2.75, 3.05) is 0 Å². The first-order chi connectivity index (χ1) is 16.3. The van der Waals surface area contributed by atoms with Crippen molar-refractivity contribution in [3.05, 3.63) is 71.8 Å². The second kappa shape index (κ2) is 12.3. The minimum absolute atomic E-state index is 0.0237. The fourth-order valence-corrected chi connectivity index (χ4v) is 4.20. The van der Waals surface area contributed by atoms with E-state index < -0.39 is 30.1 Å². The fourth-order valence-electron chi connectivity index (χ4n) is 4.20. The van der Waals surface area contributed by atoms with Crippen LogP contribution in [0.25, 0.3) is 0 Å². The number of carbonyl (C=O) groups excluding carboxylic acids is 2. The van der Waals surface area contributed by atoms with E-state index >= 15 is 0 Å². The van der Waals surface area contributed by atoms with Gasteiger partial charge in [-0.2, -0.15) is 0 Å². The van der Waals surface area contributed by atoms with Crippen LogP contribution in [0.5, 0.6) is 0 Å². The Bertz CT molecular complexity index is 944. The Morgan fingerprint density at radius 3 is 1.97 bits per heavy atom. The number of carboxylic acids is 1. The quantitative estimate of drug-likeness (QED) is 0.391. The monoisotopic (exact) mass is 468 g/mol. The molecule has 182 valence electrons. The van der Waals surface area contributed by atoms with Gasteiger partial charge in [-0.1, -0.05) is 49.7 Å². The van der Waals surface area contributed by atoms with Crippen LogP contribution in [0.2, 0.25) is 0 Å². The van der Waals surface area contributed by atoms with E-state index in [9.17, 15) is 14.4 Å². The summed E-state index contributed by atoms with van der Waals surface area (Å²) in [6.07, 6.45) is 0.537. The molecule has 1 fully saturated rings. The van der Waals surface area contributed by atoms with Gasteiger partial charge in [0.2, 0.25) is 0 Å². The van der Waals surface area contributed by atoms with E-state index in [1.165, 1.54) is 0 Å². The zero-order valence-electron chi connectivity index (χ0n) is 19.6. The van der Waals surface area contributed by atoms with Crippen molar-refractivity contribution in [1.29, 1.82) is 0 Å². The number of hydrogen-bond donors (Lipinski definition) is 1. The highest BCUT2D eigenvalue weighted by Crippen LogP contribution is 2.32. The lowest BCUT2D eigenvalue weighted by Crippen LogP contribution is -2.51. The van der Waals surface area contributed by atoms with Crippen LogP contribution in [-0.2, 0) is 19.0 Å². The zero-order valence-corrected chi connectivity index (χ0v) is 19.6. The molecule has 2 aromatic rings. The van der Waals surface area contributed by atoms with Gasteiger partial charge in [-0.25, -0.2) is 9.59 Å². The molecule has 1 saturated heterocycles. The van der Waals surface area contributed by atoms with E-state index in [2.05, 4.69) is 0 Å². The van der Waals surface area contributed by atoms with Crippen molar-refractivity contribution in [3.63, 3.8) is 0 Å². The number of hydrogen-bond acceptors (Lipinski definition) is 6. The molecule has 3 rings (SSSR count). The van der Waals surface area contributed by atoms with Crippen LogP contribution in [0.4, 0.5) is 0 Å². The third kappa shape index (κ3) is 7.15. The van der Waals surface area contributed by atoms with E-state index in [1.54, 1.807) is 48.5 Å². The molecular weight excluding hydrogens is 436 g/mol. The lowest BCUT2D eigenvalue weighted by molar-refractivity contribution is -0.180. The highest BCUT2D eigenvalue weighted by molar-refractivity contribution is 5.90. The Morgan fingerprint density at radius 2 is 1.44 bits per heavy atom. The van der Waals surface area contributed by atoms with Gasteiger partial charge in [0.25, 0.3) is 0 Å². The lowest BCUT2D eigenvalue weighted by atomic mass is 9.87. The van der Waals surface area contributed by atoms with Crippen LogP contribution in [-0.4, -0.2) is 47.4 Å². The molecule has 0 bridgehead atoms. The third-order valence-electron chi connectivity index (χ3n) is 6.12. The van der Waals surface area contributed by atoms with Gasteiger partial charge < -0.3 is 19.3 Å². The first-order valence-electron chi connectivity index (χ1n) is 11.7. The van der Waals surface area contributed by atoms with Crippen LogP contribution >= 0.6 is 0 Å². The topological polar surface area (TPSA) is 99.1 Å². The average Bonchev–Trinajstić information content (AvgIpc) is 2.84. The standard InChI is InChI=1S/C27H32O7/c1-18(11-9-10-16-24(28)29)25-23(34-27(31)21-14-7-4-8-15-21)17-22(19(2)32-25)33-26(30)20-12-5-3-6-13-20/h3-8,12-15,18-19,22-23,25H,9-11,16-17H2,1-2H3,(H,28,29)/t18-,19+,22-,23-,25+/m1/s1. The summed E-state index contributed by atoms with van der Waals surface area (Å²) in [7, 11) is 0. The number of aliphatic carboxylic acids is 1. The predicted molar refractivity (Wildman–Crippen MR) is 126 cm³/mol. The van der Waals surface area contributed by atoms with Gasteiger partial charge in [-0.05, 0) is 49.9 Å². The van der Waals surface area contributed by atoms with Crippen molar-refractivity contribution in [2.45, 2.75) is 70.4 Å². The lowest BCUT2D eigenvalue weighted by Gasteiger charge is -2.41. The molecule has 0 radical (unpaired) electrons. The summed E-state index contributed by atoms with van der Waals surface area (Å²) in [5, 5.41) is 8.87. The number of carboxylic acid groups (broad SMARTS) is 1. The summed E-state index contributed by atoms with van der Waals surface area (Å²) < 4.78 is 17.9. The van der Waals surface area contributed by atoms with Gasteiger partial charge in [-0.3, -0.25) is 4.79 Å². The van der Waals surface area contributed by atoms with Crippen LogP contribution in [0.1, 0.15) is 66.7 Å². The first kappa shape index (κ1) is 25.4. The van der Waals surface area contributed by atoms with E-state index in [0.717, 1.165) is 12.8 Å². The van der Waals surface area contributed by atoms with Crippen LogP contribution < -0.4 is 0 Å². The number of carbonyl (C=O) groups is 3. The smallest absolute Gasteiger partial charge is 0.338 e. The molecule has 1 aliphatic heterocycles. The number of rotatable bonds is 10. The van der Waals surface area contributed by atoms with E-state index in [1.807, 2.05) is 26.0 Å². The summed E-state index contributed by atoms with van der Waals surface area (Å²) in [6, 6.07) is 17.5. The van der Waals surface area contributed by atoms with Crippen molar-refractivity contribution in [2.24, 2.45) is 5.92 Å². The minimum Gasteiger partial charge on any atom is -0.481 e. The van der Waals surface area contributed by atoms with Crippen LogP contribution in [0.15, 0.2) is 60.7 Å². The Hall–Kier alpha value is -3.19. The highest BCUT2D eigenvalue weighted by Gasteiger charge is 2.42. The molecule has 0 aliphatic carbocycles. The van der Waals surface area contributed by atoms with Gasteiger partial charge in [0, 0.05) is 12.8 Å². The Balaban J connectivity index is 1.70. The maximum absolute atomic E-state index is 12.8. The number of unbranched alkanes of at least 4 members (excludes halogenated alkanes) is 1. The molecule has 0 saturated carbocycles. The average molecular weight is 469 g/mol. The largest absolute Gasteiger partial charge is 0.481 e. The van der Waals surface area contributed by atoms with E-state index in [0.29, 0.717) is 24.0 Å². The maximum Gasteiger partial charge on any atom is 0.338 e. The van der Waals surface area contributed by atoms with Crippen LogP contribution in [0.3, 0.4) is 0 Å². The molecule has 1 N–H and O–H groups in total. The highest BCUT2D eigenvalue weighted by atomic mass is 16.6. The number of ether oxygens (including phenoxy) is 3. The summed E-state index contributed by atoms with van der Waals surface area (Å²) in [5.74, 6) is -1.70. The molecule has 1 aliphatic rings. The summed E-state index contributed by atoms with van der Waals surface area (Å²) >= 11 is 0.